The van der Waals surface area contributed by atoms with Gasteiger partial charge in [0.15, 0.2) is 10.8 Å². The van der Waals surface area contributed by atoms with Crippen LogP contribution in [0.5, 0.6) is 11.5 Å². The second kappa shape index (κ2) is 10.2. The summed E-state index contributed by atoms with van der Waals surface area (Å²) in [6, 6.07) is 5.26. The molecule has 4 rings (SSSR count). The Kier molecular flexibility index (Phi) is 7.22. The highest BCUT2D eigenvalue weighted by atomic mass is 32.2. The molecule has 0 saturated carbocycles. The molecular formula is C23H27N7O4S2. The SMILES string of the molecule is COc1cccc(OC)c1-n1c(NS(=O)(=O)C(C)C(C)c2ncc(C)cn2)nnc1-c1nc(C)cs1. The smallest absolute Gasteiger partial charge is 0.243 e. The molecule has 0 bridgehead atoms. The third-order valence-corrected chi connectivity index (χ3v) is 8.54. The third-order valence-electron chi connectivity index (χ3n) is 5.73. The lowest BCUT2D eigenvalue weighted by Crippen LogP contribution is -2.31. The Hall–Kier alpha value is -3.58. The number of benzene rings is 1. The number of hydrogen-bond donors (Lipinski definition) is 1. The zero-order chi connectivity index (χ0) is 26.0. The van der Waals surface area contributed by atoms with Gasteiger partial charge < -0.3 is 9.47 Å². The van der Waals surface area contributed by atoms with Gasteiger partial charge in [0, 0.05) is 29.4 Å². The molecular weight excluding hydrogens is 502 g/mol. The van der Waals surface area contributed by atoms with Crippen LogP contribution < -0.4 is 14.2 Å². The monoisotopic (exact) mass is 529 g/mol. The van der Waals surface area contributed by atoms with E-state index in [1.54, 1.807) is 49.0 Å². The van der Waals surface area contributed by atoms with Crippen LogP contribution in [0.15, 0.2) is 36.0 Å². The highest BCUT2D eigenvalue weighted by molar-refractivity contribution is 7.93. The van der Waals surface area contributed by atoms with Gasteiger partial charge in [-0.3, -0.25) is 9.29 Å². The van der Waals surface area contributed by atoms with Gasteiger partial charge in [0.2, 0.25) is 16.0 Å². The maximum absolute atomic E-state index is 13.5. The fraction of sp³-hybridized carbons (Fsp3) is 0.348. The van der Waals surface area contributed by atoms with Crippen molar-refractivity contribution >= 4 is 27.3 Å². The van der Waals surface area contributed by atoms with Crippen LogP contribution in [-0.2, 0) is 10.0 Å². The Bertz CT molecular complexity index is 1440. The minimum absolute atomic E-state index is 0.0236. The van der Waals surface area contributed by atoms with Crippen molar-refractivity contribution in [1.82, 2.24) is 29.7 Å². The normalized spacial score (nSPS) is 13.3. The number of nitrogens with one attached hydrogen (secondary N) is 1. The summed E-state index contributed by atoms with van der Waals surface area (Å²) in [5.41, 5.74) is 2.14. The van der Waals surface area contributed by atoms with E-state index in [9.17, 15) is 8.42 Å². The molecule has 0 radical (unpaired) electrons. The van der Waals surface area contributed by atoms with Crippen LogP contribution in [0, 0.1) is 13.8 Å². The minimum Gasteiger partial charge on any atom is -0.494 e. The van der Waals surface area contributed by atoms with E-state index in [4.69, 9.17) is 9.47 Å². The first-order chi connectivity index (χ1) is 17.2. The molecule has 1 N–H and O–H groups in total. The minimum atomic E-state index is -3.96. The molecule has 3 heterocycles. The van der Waals surface area contributed by atoms with Gasteiger partial charge in [-0.15, -0.1) is 21.5 Å². The van der Waals surface area contributed by atoms with Crippen LogP contribution in [0.2, 0.25) is 0 Å². The number of hydrogen-bond acceptors (Lipinski definition) is 10. The number of aromatic nitrogens is 6. The second-order valence-corrected chi connectivity index (χ2v) is 11.1. The molecule has 11 nitrogen and oxygen atoms in total. The summed E-state index contributed by atoms with van der Waals surface area (Å²) < 4.78 is 42.3. The Morgan fingerprint density at radius 1 is 1.03 bits per heavy atom. The fourth-order valence-electron chi connectivity index (χ4n) is 3.55. The quantitative estimate of drug-likeness (QED) is 0.344. The van der Waals surface area contributed by atoms with Crippen LogP contribution in [-0.4, -0.2) is 57.6 Å². The van der Waals surface area contributed by atoms with Crippen molar-refractivity contribution in [3.05, 3.63) is 53.1 Å². The molecule has 3 aromatic heterocycles. The molecule has 4 aromatic rings. The molecule has 190 valence electrons. The molecule has 0 aliphatic carbocycles. The van der Waals surface area contributed by atoms with E-state index in [-0.39, 0.29) is 5.95 Å². The summed E-state index contributed by atoms with van der Waals surface area (Å²) in [5.74, 6) is 1.16. The van der Waals surface area contributed by atoms with Crippen molar-refractivity contribution in [3.8, 4) is 28.0 Å². The lowest BCUT2D eigenvalue weighted by Gasteiger charge is -2.21. The van der Waals surface area contributed by atoms with Gasteiger partial charge in [-0.1, -0.05) is 13.0 Å². The summed E-state index contributed by atoms with van der Waals surface area (Å²) in [6.45, 7) is 7.11. The summed E-state index contributed by atoms with van der Waals surface area (Å²) >= 11 is 1.37. The lowest BCUT2D eigenvalue weighted by atomic mass is 10.1. The molecule has 0 aliphatic heterocycles. The molecule has 0 spiro atoms. The molecule has 13 heteroatoms. The highest BCUT2D eigenvalue weighted by Crippen LogP contribution is 2.38. The van der Waals surface area contributed by atoms with Crippen LogP contribution >= 0.6 is 11.3 Å². The lowest BCUT2D eigenvalue weighted by molar-refractivity contribution is 0.391. The molecule has 1 aromatic carbocycles. The van der Waals surface area contributed by atoms with Crippen molar-refractivity contribution in [2.45, 2.75) is 38.9 Å². The van der Waals surface area contributed by atoms with Crippen molar-refractivity contribution in [2.24, 2.45) is 0 Å². The Balaban J connectivity index is 1.81. The van der Waals surface area contributed by atoms with Crippen LogP contribution in [0.1, 0.15) is 36.8 Å². The topological polar surface area (TPSA) is 134 Å². The van der Waals surface area contributed by atoms with Crippen LogP contribution in [0.3, 0.4) is 0 Å². The standard InChI is InChI=1S/C23H27N7O4S2/c1-13-10-24-20(25-11-13)15(3)16(4)36(31,32)29-23-28-27-21(22-26-14(2)12-35-22)30(23)19-17(33-5)8-7-9-18(19)34-6/h7-12,15-16H,1-6H3,(H,28,29). The number of nitrogens with zero attached hydrogens (tertiary/aromatic N) is 6. The maximum Gasteiger partial charge on any atom is 0.243 e. The summed E-state index contributed by atoms with van der Waals surface area (Å²) in [7, 11) is -0.918. The molecule has 0 aliphatic rings. The largest absolute Gasteiger partial charge is 0.494 e. The van der Waals surface area contributed by atoms with Gasteiger partial charge >= 0.3 is 0 Å². The van der Waals surface area contributed by atoms with E-state index in [0.29, 0.717) is 33.8 Å². The highest BCUT2D eigenvalue weighted by Gasteiger charge is 2.32. The van der Waals surface area contributed by atoms with Crippen LogP contribution in [0.4, 0.5) is 5.95 Å². The maximum atomic E-state index is 13.5. The first kappa shape index (κ1) is 25.5. The van der Waals surface area contributed by atoms with E-state index >= 15 is 0 Å². The Labute approximate surface area is 213 Å². The summed E-state index contributed by atoms with van der Waals surface area (Å²) in [4.78, 5) is 13.1. The van der Waals surface area contributed by atoms with Crippen molar-refractivity contribution < 1.29 is 17.9 Å². The van der Waals surface area contributed by atoms with Crippen molar-refractivity contribution in [3.63, 3.8) is 0 Å². The van der Waals surface area contributed by atoms with Gasteiger partial charge in [0.1, 0.15) is 23.0 Å². The molecule has 36 heavy (non-hydrogen) atoms. The van der Waals surface area contributed by atoms with E-state index in [1.807, 2.05) is 19.2 Å². The zero-order valence-electron chi connectivity index (χ0n) is 20.8. The number of sulfonamides is 1. The summed E-state index contributed by atoms with van der Waals surface area (Å²) in [6.07, 6.45) is 3.33. The van der Waals surface area contributed by atoms with Crippen molar-refractivity contribution in [2.75, 3.05) is 18.9 Å². The molecule has 0 amide bonds. The first-order valence-electron chi connectivity index (χ1n) is 11.1. The molecule has 2 atom stereocenters. The number of aryl methyl sites for hydroxylation is 2. The van der Waals surface area contributed by atoms with Gasteiger partial charge in [0.05, 0.1) is 19.5 Å². The number of rotatable bonds is 9. The predicted octanol–water partition coefficient (Wildman–Crippen LogP) is 3.75. The molecule has 2 unspecified atom stereocenters. The molecule has 0 fully saturated rings. The first-order valence-corrected chi connectivity index (χ1v) is 13.5. The average Bonchev–Trinajstić information content (AvgIpc) is 3.48. The number of anilines is 1. The Morgan fingerprint density at radius 3 is 2.22 bits per heavy atom. The van der Waals surface area contributed by atoms with Gasteiger partial charge in [0.25, 0.3) is 0 Å². The van der Waals surface area contributed by atoms with Crippen molar-refractivity contribution in [1.29, 1.82) is 0 Å². The van der Waals surface area contributed by atoms with E-state index in [2.05, 4.69) is 29.9 Å². The Morgan fingerprint density at radius 2 is 1.67 bits per heavy atom. The summed E-state index contributed by atoms with van der Waals surface area (Å²) in [5, 5.41) is 10.0. The fourth-order valence-corrected chi connectivity index (χ4v) is 5.55. The predicted molar refractivity (Wildman–Crippen MR) is 137 cm³/mol. The van der Waals surface area contributed by atoms with Gasteiger partial charge in [-0.25, -0.2) is 23.4 Å². The average molecular weight is 530 g/mol. The zero-order valence-corrected chi connectivity index (χ0v) is 22.4. The molecule has 0 saturated heterocycles. The van der Waals surface area contributed by atoms with Crippen LogP contribution in [0.25, 0.3) is 16.5 Å². The van der Waals surface area contributed by atoms with E-state index < -0.39 is 21.2 Å². The number of ether oxygens (including phenoxy) is 2. The van der Waals surface area contributed by atoms with E-state index in [1.165, 1.54) is 25.6 Å². The number of thiazole rings is 1. The van der Waals surface area contributed by atoms with E-state index in [0.717, 1.165) is 11.3 Å². The second-order valence-electron chi connectivity index (χ2n) is 8.25. The number of para-hydroxylation sites is 1. The van der Waals surface area contributed by atoms with Gasteiger partial charge in [-0.05, 0) is 38.5 Å². The third kappa shape index (κ3) is 4.88. The van der Waals surface area contributed by atoms with Gasteiger partial charge in [-0.2, -0.15) is 0 Å². The number of methoxy groups -OCH3 is 2.